The molecule has 4 atom stereocenters. The van der Waals surface area contributed by atoms with Crippen molar-refractivity contribution in [1.29, 1.82) is 0 Å². The van der Waals surface area contributed by atoms with Crippen LogP contribution in [0, 0.1) is 0 Å². The molecule has 4 heteroatoms. The molecule has 0 radical (unpaired) electrons. The van der Waals surface area contributed by atoms with Gasteiger partial charge in [-0.1, -0.05) is 75.2 Å². The summed E-state index contributed by atoms with van der Waals surface area (Å²) in [5.41, 5.74) is 4.06. The number of rotatable bonds is 13. The fraction of sp³-hybridized carbons (Fsp3) is 0.538. The van der Waals surface area contributed by atoms with Crippen molar-refractivity contribution in [3.05, 3.63) is 59.7 Å². The maximum absolute atomic E-state index is 10.6. The first-order chi connectivity index (χ1) is 14.5. The second kappa shape index (κ2) is 12.9. The Bertz CT molecular complexity index is 651. The van der Waals surface area contributed by atoms with Gasteiger partial charge in [-0.05, 0) is 62.0 Å². The first-order valence-corrected chi connectivity index (χ1v) is 11.5. The molecule has 4 nitrogen and oxygen atoms in total. The molecule has 2 rings (SSSR count). The van der Waals surface area contributed by atoms with Crippen molar-refractivity contribution in [2.45, 2.75) is 77.7 Å². The number of benzene rings is 2. The molecule has 166 valence electrons. The molecule has 0 aliphatic heterocycles. The average Bonchev–Trinajstić information content (AvgIpc) is 2.78. The Balaban J connectivity index is 1.98. The lowest BCUT2D eigenvalue weighted by Crippen LogP contribution is -2.32. The first kappa shape index (κ1) is 24.5. The van der Waals surface area contributed by atoms with E-state index in [9.17, 15) is 10.2 Å². The van der Waals surface area contributed by atoms with Gasteiger partial charge in [-0.25, -0.2) is 0 Å². The Morgan fingerprint density at radius 3 is 1.27 bits per heavy atom. The minimum absolute atomic E-state index is 0.0242. The number of nitrogens with one attached hydrogen (secondary N) is 2. The molecule has 0 fully saturated rings. The van der Waals surface area contributed by atoms with Crippen LogP contribution in [-0.4, -0.2) is 35.4 Å². The van der Waals surface area contributed by atoms with Gasteiger partial charge in [-0.15, -0.1) is 0 Å². The van der Waals surface area contributed by atoms with E-state index in [2.05, 4.69) is 48.7 Å². The molecule has 0 aromatic heterocycles. The lowest BCUT2D eigenvalue weighted by atomic mass is 9.97. The average molecular weight is 413 g/mol. The third-order valence-electron chi connectivity index (χ3n) is 5.78. The van der Waals surface area contributed by atoms with Gasteiger partial charge in [0.1, 0.15) is 0 Å². The zero-order chi connectivity index (χ0) is 21.9. The molecule has 0 aliphatic rings. The summed E-state index contributed by atoms with van der Waals surface area (Å²) < 4.78 is 0. The van der Waals surface area contributed by atoms with Crippen LogP contribution in [-0.2, 0) is 0 Å². The summed E-state index contributed by atoms with van der Waals surface area (Å²) in [4.78, 5) is 0. The van der Waals surface area contributed by atoms with Crippen LogP contribution in [0.3, 0.4) is 0 Å². The van der Waals surface area contributed by atoms with Crippen LogP contribution in [0.2, 0.25) is 0 Å². The maximum Gasteiger partial charge on any atom is 0.0940 e. The van der Waals surface area contributed by atoms with E-state index in [0.29, 0.717) is 0 Å². The van der Waals surface area contributed by atoms with Crippen LogP contribution in [0.4, 0.5) is 0 Å². The summed E-state index contributed by atoms with van der Waals surface area (Å²) in [5, 5.41) is 27.9. The largest absolute Gasteiger partial charge is 0.387 e. The molecule has 2 aromatic rings. The standard InChI is InChI=1S/C26H40N2O2/c1-5-7-17-27-19(3)25(29)23-13-9-21(10-14-23)22-11-15-24(16-12-22)26(30)20(4)28-18-8-6-2/h9-16,19-20,25-30H,5-8,17-18H2,1-4H3/t19-,20+,25-,26+. The van der Waals surface area contributed by atoms with Crippen LogP contribution in [0.1, 0.15) is 76.7 Å². The monoisotopic (exact) mass is 412 g/mol. The van der Waals surface area contributed by atoms with Crippen LogP contribution in [0.15, 0.2) is 48.5 Å². The molecule has 4 N–H and O–H groups in total. The maximum atomic E-state index is 10.6. The minimum Gasteiger partial charge on any atom is -0.387 e. The smallest absolute Gasteiger partial charge is 0.0940 e. The fourth-order valence-electron chi connectivity index (χ4n) is 3.56. The van der Waals surface area contributed by atoms with Crippen LogP contribution in [0.5, 0.6) is 0 Å². The number of hydrogen-bond acceptors (Lipinski definition) is 4. The molecule has 2 aromatic carbocycles. The molecule has 0 heterocycles. The first-order valence-electron chi connectivity index (χ1n) is 11.5. The number of aliphatic hydroxyl groups is 2. The van der Waals surface area contributed by atoms with Crippen molar-refractivity contribution in [3.8, 4) is 11.1 Å². The van der Waals surface area contributed by atoms with E-state index in [1.165, 1.54) is 0 Å². The van der Waals surface area contributed by atoms with Gasteiger partial charge in [0.05, 0.1) is 12.2 Å². The van der Waals surface area contributed by atoms with Gasteiger partial charge < -0.3 is 20.8 Å². The molecule has 0 amide bonds. The van der Waals surface area contributed by atoms with Crippen molar-refractivity contribution in [3.63, 3.8) is 0 Å². The highest BCUT2D eigenvalue weighted by molar-refractivity contribution is 5.64. The highest BCUT2D eigenvalue weighted by Gasteiger charge is 2.17. The normalized spacial score (nSPS) is 15.5. The third-order valence-corrected chi connectivity index (χ3v) is 5.78. The predicted molar refractivity (Wildman–Crippen MR) is 127 cm³/mol. The Kier molecular flexibility index (Phi) is 10.5. The zero-order valence-corrected chi connectivity index (χ0v) is 19.1. The van der Waals surface area contributed by atoms with Gasteiger partial charge in [-0.3, -0.25) is 0 Å². The van der Waals surface area contributed by atoms with Crippen molar-refractivity contribution >= 4 is 0 Å². The van der Waals surface area contributed by atoms with Gasteiger partial charge in [0, 0.05) is 12.1 Å². The number of hydrogen-bond donors (Lipinski definition) is 4. The van der Waals surface area contributed by atoms with Crippen LogP contribution in [0.25, 0.3) is 11.1 Å². The Labute approximate surface area is 182 Å². The van der Waals surface area contributed by atoms with Crippen LogP contribution >= 0.6 is 0 Å². The summed E-state index contributed by atoms with van der Waals surface area (Å²) in [5.74, 6) is 0. The molecule has 0 unspecified atom stereocenters. The van der Waals surface area contributed by atoms with Crippen LogP contribution < -0.4 is 10.6 Å². The quantitative estimate of drug-likeness (QED) is 0.351. The lowest BCUT2D eigenvalue weighted by molar-refractivity contribution is 0.136. The van der Waals surface area contributed by atoms with E-state index < -0.39 is 12.2 Å². The highest BCUT2D eigenvalue weighted by atomic mass is 16.3. The molecule has 0 saturated carbocycles. The van der Waals surface area contributed by atoms with Crippen molar-refractivity contribution in [2.75, 3.05) is 13.1 Å². The second-order valence-electron chi connectivity index (χ2n) is 8.33. The second-order valence-corrected chi connectivity index (χ2v) is 8.33. The van der Waals surface area contributed by atoms with Gasteiger partial charge in [-0.2, -0.15) is 0 Å². The summed E-state index contributed by atoms with van der Waals surface area (Å²) in [6, 6.07) is 16.3. The highest BCUT2D eigenvalue weighted by Crippen LogP contribution is 2.26. The van der Waals surface area contributed by atoms with Gasteiger partial charge in [0.15, 0.2) is 0 Å². The summed E-state index contributed by atoms with van der Waals surface area (Å²) >= 11 is 0. The Morgan fingerprint density at radius 2 is 0.967 bits per heavy atom. The van der Waals surface area contributed by atoms with Gasteiger partial charge >= 0.3 is 0 Å². The lowest BCUT2D eigenvalue weighted by Gasteiger charge is -2.21. The third kappa shape index (κ3) is 7.21. The van der Waals surface area contributed by atoms with Gasteiger partial charge in [0.2, 0.25) is 0 Å². The van der Waals surface area contributed by atoms with E-state index in [4.69, 9.17) is 0 Å². The van der Waals surface area contributed by atoms with E-state index in [-0.39, 0.29) is 12.1 Å². The minimum atomic E-state index is -0.518. The van der Waals surface area contributed by atoms with Crippen molar-refractivity contribution < 1.29 is 10.2 Å². The Hall–Kier alpha value is -1.72. The molecule has 0 spiro atoms. The summed E-state index contributed by atoms with van der Waals surface area (Å²) in [6.07, 6.45) is 3.50. The van der Waals surface area contributed by atoms with E-state index in [0.717, 1.165) is 61.0 Å². The molecule has 30 heavy (non-hydrogen) atoms. The molecule has 0 bridgehead atoms. The van der Waals surface area contributed by atoms with Crippen molar-refractivity contribution in [2.24, 2.45) is 0 Å². The predicted octanol–water partition coefficient (Wildman–Crippen LogP) is 4.98. The van der Waals surface area contributed by atoms with Crippen molar-refractivity contribution in [1.82, 2.24) is 10.6 Å². The summed E-state index contributed by atoms with van der Waals surface area (Å²) in [7, 11) is 0. The number of unbranched alkanes of at least 4 members (excludes halogenated alkanes) is 2. The Morgan fingerprint density at radius 1 is 0.633 bits per heavy atom. The molecule has 0 saturated heterocycles. The van der Waals surface area contributed by atoms with E-state index >= 15 is 0 Å². The topological polar surface area (TPSA) is 64.5 Å². The van der Waals surface area contributed by atoms with Gasteiger partial charge in [0.25, 0.3) is 0 Å². The molecular weight excluding hydrogens is 372 g/mol. The molecular formula is C26H40N2O2. The molecule has 0 aliphatic carbocycles. The summed E-state index contributed by atoms with van der Waals surface area (Å²) in [6.45, 7) is 10.2. The SMILES string of the molecule is CCCCN[C@@H](C)[C@H](O)c1ccc(-c2ccc([C@H](O)[C@@H](C)NCCCC)cc2)cc1. The van der Waals surface area contributed by atoms with E-state index in [1.807, 2.05) is 38.1 Å². The zero-order valence-electron chi connectivity index (χ0n) is 19.1. The fourth-order valence-corrected chi connectivity index (χ4v) is 3.56. The number of aliphatic hydroxyl groups excluding tert-OH is 2. The van der Waals surface area contributed by atoms with E-state index in [1.54, 1.807) is 0 Å².